The fourth-order valence-corrected chi connectivity index (χ4v) is 4.44. The molecule has 206 valence electrons. The van der Waals surface area contributed by atoms with E-state index in [-0.39, 0.29) is 19.3 Å². The molecule has 0 radical (unpaired) electrons. The minimum absolute atomic E-state index is 0.0487. The largest absolute Gasteiger partial charge is 0.440 e. The summed E-state index contributed by atoms with van der Waals surface area (Å²) in [6.45, 7) is 5.57. The van der Waals surface area contributed by atoms with Gasteiger partial charge in [-0.15, -0.1) is 0 Å². The number of aliphatic hydroxyl groups excluding tert-OH is 2. The normalized spacial score (nSPS) is 12.5. The Bertz CT molecular complexity index is 533. The van der Waals surface area contributed by atoms with Crippen LogP contribution in [0.15, 0.2) is 0 Å². The van der Waals surface area contributed by atoms with Gasteiger partial charge in [-0.3, -0.25) is 14.4 Å². The lowest BCUT2D eigenvalue weighted by Crippen LogP contribution is -2.60. The molecule has 6 heteroatoms. The van der Waals surface area contributed by atoms with Gasteiger partial charge < -0.3 is 14.9 Å². The van der Waals surface area contributed by atoms with Crippen molar-refractivity contribution in [3.63, 3.8) is 0 Å². The standard InChI is InChI=1S/C29H54O6/c1-4-7-10-13-14-17-20-23-28(34)35-29(27(33)24-30,25(31)21-18-15-11-8-5-2)26(32)22-19-16-12-9-6-3/h27,30,33H,4-24H2,1-3H3. The van der Waals surface area contributed by atoms with Gasteiger partial charge in [0.2, 0.25) is 0 Å². The lowest BCUT2D eigenvalue weighted by Gasteiger charge is -2.34. The molecule has 6 nitrogen and oxygen atoms in total. The van der Waals surface area contributed by atoms with Gasteiger partial charge in [0.05, 0.1) is 6.61 Å². The van der Waals surface area contributed by atoms with Crippen molar-refractivity contribution in [2.24, 2.45) is 0 Å². The lowest BCUT2D eigenvalue weighted by atomic mass is 9.82. The highest BCUT2D eigenvalue weighted by atomic mass is 16.6. The number of ether oxygens (including phenoxy) is 1. The highest BCUT2D eigenvalue weighted by Crippen LogP contribution is 2.27. The first-order chi connectivity index (χ1) is 16.9. The first-order valence-corrected chi connectivity index (χ1v) is 14.5. The topological polar surface area (TPSA) is 101 Å². The van der Waals surface area contributed by atoms with E-state index in [0.29, 0.717) is 19.3 Å². The van der Waals surface area contributed by atoms with Gasteiger partial charge in [0, 0.05) is 19.3 Å². The van der Waals surface area contributed by atoms with Crippen LogP contribution in [0, 0.1) is 0 Å². The van der Waals surface area contributed by atoms with E-state index in [4.69, 9.17) is 4.74 Å². The van der Waals surface area contributed by atoms with Gasteiger partial charge in [-0.1, -0.05) is 111 Å². The maximum absolute atomic E-state index is 13.3. The molecule has 0 rings (SSSR count). The molecule has 0 spiro atoms. The van der Waals surface area contributed by atoms with Crippen LogP contribution in [0.5, 0.6) is 0 Å². The number of unbranched alkanes of at least 4 members (excludes halogenated alkanes) is 14. The average molecular weight is 499 g/mol. The number of carbonyl (C=O) groups excluding carboxylic acids is 3. The molecule has 1 unspecified atom stereocenters. The monoisotopic (exact) mass is 498 g/mol. The van der Waals surface area contributed by atoms with Crippen molar-refractivity contribution < 1.29 is 29.3 Å². The Kier molecular flexibility index (Phi) is 21.2. The van der Waals surface area contributed by atoms with E-state index in [9.17, 15) is 24.6 Å². The van der Waals surface area contributed by atoms with Crippen LogP contribution in [-0.2, 0) is 19.1 Å². The third-order valence-electron chi connectivity index (χ3n) is 6.74. The second-order valence-electron chi connectivity index (χ2n) is 9.95. The number of carbonyl (C=O) groups is 3. The average Bonchev–Trinajstić information content (AvgIpc) is 2.85. The van der Waals surface area contributed by atoms with Crippen molar-refractivity contribution in [2.45, 2.75) is 161 Å². The van der Waals surface area contributed by atoms with Crippen LogP contribution >= 0.6 is 0 Å². The van der Waals surface area contributed by atoms with Crippen molar-refractivity contribution >= 4 is 17.5 Å². The maximum Gasteiger partial charge on any atom is 0.307 e. The Morgan fingerprint density at radius 2 is 0.943 bits per heavy atom. The molecule has 0 fully saturated rings. The summed E-state index contributed by atoms with van der Waals surface area (Å²) in [5, 5.41) is 20.4. The van der Waals surface area contributed by atoms with Crippen molar-refractivity contribution in [1.82, 2.24) is 0 Å². The number of Topliss-reactive ketones (excluding diaryl/α,β-unsaturated/α-hetero) is 2. The van der Waals surface area contributed by atoms with E-state index in [1.807, 2.05) is 0 Å². The van der Waals surface area contributed by atoms with E-state index in [1.165, 1.54) is 19.3 Å². The number of rotatable bonds is 25. The van der Waals surface area contributed by atoms with E-state index < -0.39 is 35.8 Å². The Labute approximate surface area is 214 Å². The van der Waals surface area contributed by atoms with Gasteiger partial charge in [-0.25, -0.2) is 0 Å². The van der Waals surface area contributed by atoms with E-state index in [0.717, 1.165) is 70.6 Å². The van der Waals surface area contributed by atoms with Gasteiger partial charge in [-0.05, 0) is 19.3 Å². The quantitative estimate of drug-likeness (QED) is 0.0833. The van der Waals surface area contributed by atoms with Crippen molar-refractivity contribution in [2.75, 3.05) is 6.61 Å². The summed E-state index contributed by atoms with van der Waals surface area (Å²) in [7, 11) is 0. The molecule has 0 aliphatic carbocycles. The number of esters is 1. The molecule has 2 N–H and O–H groups in total. The molecule has 0 bridgehead atoms. The van der Waals surface area contributed by atoms with Gasteiger partial charge in [-0.2, -0.15) is 0 Å². The highest BCUT2D eigenvalue weighted by molar-refractivity contribution is 6.12. The Balaban J connectivity index is 5.26. The summed E-state index contributed by atoms with van der Waals surface area (Å²) in [5.74, 6) is -1.81. The summed E-state index contributed by atoms with van der Waals surface area (Å²) >= 11 is 0. The molecular weight excluding hydrogens is 444 g/mol. The molecule has 0 aliphatic heterocycles. The second kappa shape index (κ2) is 22.0. The molecule has 0 heterocycles. The zero-order valence-electron chi connectivity index (χ0n) is 23.0. The van der Waals surface area contributed by atoms with Gasteiger partial charge in [0.25, 0.3) is 5.60 Å². The summed E-state index contributed by atoms with van der Waals surface area (Å²) in [6.07, 6.45) is 14.8. The summed E-state index contributed by atoms with van der Waals surface area (Å²) in [6, 6.07) is 0. The Hall–Kier alpha value is -1.27. The van der Waals surface area contributed by atoms with Crippen LogP contribution in [0.1, 0.15) is 149 Å². The van der Waals surface area contributed by atoms with Crippen LogP contribution in [0.25, 0.3) is 0 Å². The molecule has 35 heavy (non-hydrogen) atoms. The molecular formula is C29H54O6. The fourth-order valence-electron chi connectivity index (χ4n) is 4.44. The number of ketones is 2. The summed E-state index contributed by atoms with van der Waals surface area (Å²) in [5.41, 5.74) is -2.29. The van der Waals surface area contributed by atoms with Crippen LogP contribution < -0.4 is 0 Å². The number of hydrogen-bond donors (Lipinski definition) is 2. The SMILES string of the molecule is CCCCCCCCCC(=O)OC(C(=O)CCCCCCC)(C(=O)CCCCCCC)C(O)CO. The molecule has 0 aliphatic rings. The van der Waals surface area contributed by atoms with Gasteiger partial charge in [0.1, 0.15) is 6.10 Å². The van der Waals surface area contributed by atoms with Crippen LogP contribution in [0.2, 0.25) is 0 Å². The lowest BCUT2D eigenvalue weighted by molar-refractivity contribution is -0.188. The van der Waals surface area contributed by atoms with Crippen molar-refractivity contribution in [3.05, 3.63) is 0 Å². The Morgan fingerprint density at radius 1 is 0.600 bits per heavy atom. The third kappa shape index (κ3) is 14.2. The molecule has 0 aromatic carbocycles. The second-order valence-corrected chi connectivity index (χ2v) is 9.95. The van der Waals surface area contributed by atoms with Gasteiger partial charge in [0.15, 0.2) is 11.6 Å². The first-order valence-electron chi connectivity index (χ1n) is 14.5. The zero-order chi connectivity index (χ0) is 26.4. The Morgan fingerprint density at radius 3 is 1.31 bits per heavy atom. The maximum atomic E-state index is 13.3. The summed E-state index contributed by atoms with van der Waals surface area (Å²) < 4.78 is 5.57. The molecule has 0 aromatic rings. The number of aliphatic hydroxyl groups is 2. The first kappa shape index (κ1) is 33.7. The van der Waals surface area contributed by atoms with E-state index in [2.05, 4.69) is 20.8 Å². The van der Waals surface area contributed by atoms with Crippen LogP contribution in [0.4, 0.5) is 0 Å². The van der Waals surface area contributed by atoms with Crippen molar-refractivity contribution in [3.8, 4) is 0 Å². The minimum Gasteiger partial charge on any atom is -0.440 e. The predicted molar refractivity (Wildman–Crippen MR) is 141 cm³/mol. The molecule has 0 saturated heterocycles. The van der Waals surface area contributed by atoms with Crippen LogP contribution in [-0.4, -0.2) is 46.1 Å². The van der Waals surface area contributed by atoms with Crippen molar-refractivity contribution in [1.29, 1.82) is 0 Å². The minimum atomic E-state index is -2.29. The zero-order valence-corrected chi connectivity index (χ0v) is 23.0. The predicted octanol–water partition coefficient (Wildman–Crippen LogP) is 6.62. The smallest absolute Gasteiger partial charge is 0.307 e. The van der Waals surface area contributed by atoms with E-state index >= 15 is 0 Å². The third-order valence-corrected chi connectivity index (χ3v) is 6.74. The number of hydrogen-bond acceptors (Lipinski definition) is 6. The summed E-state index contributed by atoms with van der Waals surface area (Å²) in [4.78, 5) is 39.4. The molecule has 0 saturated carbocycles. The molecule has 1 atom stereocenters. The van der Waals surface area contributed by atoms with Crippen LogP contribution in [0.3, 0.4) is 0 Å². The van der Waals surface area contributed by atoms with E-state index in [1.54, 1.807) is 0 Å². The molecule has 0 aromatic heterocycles. The molecule has 0 amide bonds. The van der Waals surface area contributed by atoms with Gasteiger partial charge >= 0.3 is 5.97 Å². The highest BCUT2D eigenvalue weighted by Gasteiger charge is 2.53. The fraction of sp³-hybridized carbons (Fsp3) is 0.897.